The van der Waals surface area contributed by atoms with Crippen molar-refractivity contribution in [2.24, 2.45) is 0 Å². The Morgan fingerprint density at radius 3 is 1.42 bits per heavy atom. The first-order valence-electron chi connectivity index (χ1n) is 18.7. The molecule has 0 unspecified atom stereocenters. The molecule has 1 heterocycles. The minimum absolute atomic E-state index is 0.0991. The molecule has 0 fully saturated rings. The fourth-order valence-electron chi connectivity index (χ4n) is 8.22. The lowest BCUT2D eigenvalue weighted by atomic mass is 9.63. The van der Waals surface area contributed by atoms with E-state index in [1.54, 1.807) is 0 Å². The first kappa shape index (κ1) is 32.8. The molecule has 0 radical (unpaired) electrons. The molecule has 0 spiro atoms. The predicted octanol–water partition coefficient (Wildman–Crippen LogP) is 14.5. The van der Waals surface area contributed by atoms with Crippen molar-refractivity contribution < 1.29 is 4.42 Å². The Hall–Kier alpha value is -6.06. The molecule has 0 N–H and O–H groups in total. The summed E-state index contributed by atoms with van der Waals surface area (Å²) in [6.07, 6.45) is 2.36. The number of rotatable bonds is 7. The lowest BCUT2D eigenvalue weighted by molar-refractivity contribution is 0.332. The summed E-state index contributed by atoms with van der Waals surface area (Å²) in [5.41, 5.74) is 14.0. The molecule has 7 aromatic carbocycles. The number of para-hydroxylation sites is 3. The van der Waals surface area contributed by atoms with Crippen LogP contribution in [0, 0.1) is 0 Å². The van der Waals surface area contributed by atoms with Crippen LogP contribution in [0.25, 0.3) is 33.1 Å². The van der Waals surface area contributed by atoms with Gasteiger partial charge in [-0.25, -0.2) is 0 Å². The summed E-state index contributed by atoms with van der Waals surface area (Å²) in [4.78, 5) is 4.68. The Labute approximate surface area is 312 Å². The van der Waals surface area contributed by atoms with Crippen LogP contribution in [0.3, 0.4) is 0 Å². The average molecular weight is 689 g/mol. The number of hydrogen-bond acceptors (Lipinski definition) is 3. The number of anilines is 6. The number of hydrogen-bond donors (Lipinski definition) is 0. The van der Waals surface area contributed by atoms with Crippen molar-refractivity contribution in [3.05, 3.63) is 181 Å². The molecular weight excluding hydrogens is 645 g/mol. The standard InChI is InChI=1S/C50H44N2O/c1-49(2)31-32-50(3,4)46-33-41(28-30-45(46)49)52(42-27-29-44-43-17-11-12-18-47(43)53-48(44)34-42)40-25-21-36(22-26-40)35-19-23-39(24-20-35)51(37-13-7-5-8-14-37)38-15-9-6-10-16-38/h5-30,33-34H,31-32H2,1-4H3. The Bertz CT molecular complexity index is 2510. The van der Waals surface area contributed by atoms with Crippen LogP contribution < -0.4 is 9.80 Å². The predicted molar refractivity (Wildman–Crippen MR) is 224 cm³/mol. The lowest BCUT2D eigenvalue weighted by Gasteiger charge is -2.42. The van der Waals surface area contributed by atoms with E-state index in [9.17, 15) is 0 Å². The third-order valence-electron chi connectivity index (χ3n) is 11.3. The molecule has 0 amide bonds. The summed E-state index contributed by atoms with van der Waals surface area (Å²) in [6, 6.07) is 61.0. The largest absolute Gasteiger partial charge is 0.456 e. The van der Waals surface area contributed by atoms with Crippen molar-refractivity contribution >= 4 is 56.1 Å². The number of furan rings is 1. The molecule has 0 saturated heterocycles. The van der Waals surface area contributed by atoms with Crippen LogP contribution in [0.5, 0.6) is 0 Å². The molecule has 0 saturated carbocycles. The highest BCUT2D eigenvalue weighted by atomic mass is 16.3. The molecule has 53 heavy (non-hydrogen) atoms. The van der Waals surface area contributed by atoms with Crippen LogP contribution >= 0.6 is 0 Å². The normalized spacial score (nSPS) is 14.6. The first-order chi connectivity index (χ1) is 25.7. The van der Waals surface area contributed by atoms with Crippen LogP contribution in [0.4, 0.5) is 34.1 Å². The van der Waals surface area contributed by atoms with Gasteiger partial charge in [0.1, 0.15) is 11.2 Å². The first-order valence-corrected chi connectivity index (χ1v) is 18.7. The zero-order valence-electron chi connectivity index (χ0n) is 30.9. The number of benzene rings is 7. The molecule has 0 atom stereocenters. The fourth-order valence-corrected chi connectivity index (χ4v) is 8.22. The van der Waals surface area contributed by atoms with Crippen LogP contribution in [-0.4, -0.2) is 0 Å². The number of fused-ring (bicyclic) bond motifs is 4. The van der Waals surface area contributed by atoms with Gasteiger partial charge in [0.25, 0.3) is 0 Å². The Morgan fingerprint density at radius 1 is 0.377 bits per heavy atom. The van der Waals surface area contributed by atoms with Crippen molar-refractivity contribution in [2.75, 3.05) is 9.80 Å². The van der Waals surface area contributed by atoms with Crippen molar-refractivity contribution in [3.63, 3.8) is 0 Å². The van der Waals surface area contributed by atoms with Crippen molar-refractivity contribution in [3.8, 4) is 11.1 Å². The molecular formula is C50H44N2O. The molecule has 8 aromatic rings. The van der Waals surface area contributed by atoms with Gasteiger partial charge in [-0.3, -0.25) is 0 Å². The average Bonchev–Trinajstić information content (AvgIpc) is 3.56. The summed E-state index contributed by atoms with van der Waals surface area (Å²) < 4.78 is 6.40. The maximum Gasteiger partial charge on any atom is 0.137 e. The van der Waals surface area contributed by atoms with Gasteiger partial charge in [-0.1, -0.05) is 113 Å². The smallest absolute Gasteiger partial charge is 0.137 e. The van der Waals surface area contributed by atoms with Gasteiger partial charge in [-0.2, -0.15) is 0 Å². The van der Waals surface area contributed by atoms with Gasteiger partial charge in [-0.05, 0) is 125 Å². The van der Waals surface area contributed by atoms with Gasteiger partial charge in [-0.15, -0.1) is 0 Å². The molecule has 0 bridgehead atoms. The minimum Gasteiger partial charge on any atom is -0.456 e. The zero-order chi connectivity index (χ0) is 36.2. The van der Waals surface area contributed by atoms with Gasteiger partial charge < -0.3 is 14.2 Å². The highest BCUT2D eigenvalue weighted by Gasteiger charge is 2.37. The SMILES string of the molecule is CC1(C)CCC(C)(C)c2cc(N(c3ccc(-c4ccc(N(c5ccccc5)c5ccccc5)cc4)cc3)c3ccc4c(c3)oc3ccccc34)ccc21. The number of nitrogens with zero attached hydrogens (tertiary/aromatic N) is 2. The molecule has 1 aliphatic carbocycles. The van der Waals surface area contributed by atoms with Crippen molar-refractivity contribution in [1.29, 1.82) is 0 Å². The Kier molecular flexibility index (Phi) is 7.96. The second-order valence-corrected chi connectivity index (χ2v) is 15.7. The van der Waals surface area contributed by atoms with E-state index in [-0.39, 0.29) is 10.8 Å². The summed E-state index contributed by atoms with van der Waals surface area (Å²) in [5.74, 6) is 0. The molecule has 9 rings (SSSR count). The summed E-state index contributed by atoms with van der Waals surface area (Å²) in [5, 5.41) is 2.28. The van der Waals surface area contributed by atoms with Crippen LogP contribution in [0.2, 0.25) is 0 Å². The van der Waals surface area contributed by atoms with E-state index in [0.29, 0.717) is 0 Å². The van der Waals surface area contributed by atoms with E-state index in [1.807, 2.05) is 12.1 Å². The van der Waals surface area contributed by atoms with E-state index < -0.39 is 0 Å². The molecule has 1 aromatic heterocycles. The second kappa shape index (κ2) is 12.9. The van der Waals surface area contributed by atoms with E-state index in [1.165, 1.54) is 35.1 Å². The maximum absolute atomic E-state index is 6.40. The van der Waals surface area contributed by atoms with E-state index >= 15 is 0 Å². The van der Waals surface area contributed by atoms with Gasteiger partial charge >= 0.3 is 0 Å². The maximum atomic E-state index is 6.40. The Morgan fingerprint density at radius 2 is 0.811 bits per heavy atom. The van der Waals surface area contributed by atoms with E-state index in [2.05, 4.69) is 195 Å². The van der Waals surface area contributed by atoms with E-state index in [0.717, 1.165) is 56.1 Å². The summed E-state index contributed by atoms with van der Waals surface area (Å²) >= 11 is 0. The van der Waals surface area contributed by atoms with Crippen molar-refractivity contribution in [1.82, 2.24) is 0 Å². The summed E-state index contributed by atoms with van der Waals surface area (Å²) in [6.45, 7) is 9.57. The van der Waals surface area contributed by atoms with Crippen molar-refractivity contribution in [2.45, 2.75) is 51.4 Å². The molecule has 3 nitrogen and oxygen atoms in total. The van der Waals surface area contributed by atoms with Crippen LogP contribution in [-0.2, 0) is 10.8 Å². The molecule has 3 heteroatoms. The molecule has 260 valence electrons. The zero-order valence-corrected chi connectivity index (χ0v) is 30.9. The lowest BCUT2D eigenvalue weighted by Crippen LogP contribution is -2.34. The van der Waals surface area contributed by atoms with E-state index in [4.69, 9.17) is 4.42 Å². The van der Waals surface area contributed by atoms with Crippen LogP contribution in [0.15, 0.2) is 174 Å². The Balaban J connectivity index is 1.11. The summed E-state index contributed by atoms with van der Waals surface area (Å²) in [7, 11) is 0. The van der Waals surface area contributed by atoms with Gasteiger partial charge in [0.2, 0.25) is 0 Å². The highest BCUT2D eigenvalue weighted by molar-refractivity contribution is 6.06. The third kappa shape index (κ3) is 5.97. The third-order valence-corrected chi connectivity index (χ3v) is 11.3. The molecule has 0 aliphatic heterocycles. The topological polar surface area (TPSA) is 19.6 Å². The monoisotopic (exact) mass is 688 g/mol. The second-order valence-electron chi connectivity index (χ2n) is 15.7. The van der Waals surface area contributed by atoms with Crippen LogP contribution in [0.1, 0.15) is 51.7 Å². The quantitative estimate of drug-likeness (QED) is 0.166. The fraction of sp³-hybridized carbons (Fsp3) is 0.160. The molecule has 1 aliphatic rings. The van der Waals surface area contributed by atoms with Gasteiger partial charge in [0.05, 0.1) is 0 Å². The van der Waals surface area contributed by atoms with Gasteiger partial charge in [0.15, 0.2) is 0 Å². The van der Waals surface area contributed by atoms with Gasteiger partial charge in [0, 0.05) is 51.0 Å². The highest BCUT2D eigenvalue weighted by Crippen LogP contribution is 2.48. The minimum atomic E-state index is 0.0991.